The number of hydrogen-bond donors (Lipinski definition) is 0. The SMILES string of the molecule is COC(=O)C1C[C@@H](OS(C)(=O)=O)CN1C(=O)OCc1ccc(OC)cc1. The lowest BCUT2D eigenvalue weighted by molar-refractivity contribution is -0.145. The topological polar surface area (TPSA) is 108 Å². The molecular weight excluding hydrogens is 366 g/mol. The number of benzene rings is 1. The highest BCUT2D eigenvalue weighted by atomic mass is 32.2. The van der Waals surface area contributed by atoms with Gasteiger partial charge in [0.2, 0.25) is 0 Å². The maximum Gasteiger partial charge on any atom is 0.410 e. The number of rotatable bonds is 6. The smallest absolute Gasteiger partial charge is 0.410 e. The molecule has 1 fully saturated rings. The van der Waals surface area contributed by atoms with Crippen molar-refractivity contribution < 1.29 is 36.4 Å². The van der Waals surface area contributed by atoms with Gasteiger partial charge >= 0.3 is 12.1 Å². The third kappa shape index (κ3) is 5.33. The lowest BCUT2D eigenvalue weighted by Gasteiger charge is -2.21. The summed E-state index contributed by atoms with van der Waals surface area (Å²) in [5.41, 5.74) is 0.733. The zero-order valence-electron chi connectivity index (χ0n) is 14.7. The summed E-state index contributed by atoms with van der Waals surface area (Å²) >= 11 is 0. The molecular formula is C16H21NO8S. The predicted molar refractivity (Wildman–Crippen MR) is 90.0 cm³/mol. The van der Waals surface area contributed by atoms with E-state index in [2.05, 4.69) is 4.74 Å². The van der Waals surface area contributed by atoms with E-state index in [0.29, 0.717) is 5.75 Å². The Morgan fingerprint density at radius 2 is 1.85 bits per heavy atom. The second-order valence-electron chi connectivity index (χ2n) is 5.75. The second kappa shape index (κ2) is 8.37. The number of likely N-dealkylation sites (tertiary alicyclic amines) is 1. The van der Waals surface area contributed by atoms with Crippen molar-refractivity contribution in [2.24, 2.45) is 0 Å². The summed E-state index contributed by atoms with van der Waals surface area (Å²) in [4.78, 5) is 25.4. The first-order valence-corrected chi connectivity index (χ1v) is 9.57. The van der Waals surface area contributed by atoms with Crippen LogP contribution in [0, 0.1) is 0 Å². The van der Waals surface area contributed by atoms with E-state index in [1.165, 1.54) is 7.11 Å². The molecule has 0 saturated carbocycles. The van der Waals surface area contributed by atoms with Crippen LogP contribution < -0.4 is 4.74 Å². The van der Waals surface area contributed by atoms with Crippen LogP contribution in [0.3, 0.4) is 0 Å². The molecule has 0 radical (unpaired) electrons. The molecule has 1 aliphatic rings. The third-order valence-corrected chi connectivity index (χ3v) is 4.42. The number of ether oxygens (including phenoxy) is 3. The molecule has 9 nitrogen and oxygen atoms in total. The summed E-state index contributed by atoms with van der Waals surface area (Å²) in [5.74, 6) is 0.0112. The first-order valence-electron chi connectivity index (χ1n) is 7.76. The minimum atomic E-state index is -3.72. The fourth-order valence-electron chi connectivity index (χ4n) is 2.63. The van der Waals surface area contributed by atoms with Gasteiger partial charge in [0.05, 0.1) is 33.1 Å². The Hall–Kier alpha value is -2.33. The van der Waals surface area contributed by atoms with Gasteiger partial charge in [-0.25, -0.2) is 9.59 Å². The minimum Gasteiger partial charge on any atom is -0.497 e. The monoisotopic (exact) mass is 387 g/mol. The van der Waals surface area contributed by atoms with E-state index < -0.39 is 34.3 Å². The lowest BCUT2D eigenvalue weighted by Crippen LogP contribution is -2.41. The van der Waals surface area contributed by atoms with E-state index in [0.717, 1.165) is 16.7 Å². The molecule has 0 aliphatic carbocycles. The molecule has 0 spiro atoms. The van der Waals surface area contributed by atoms with Gasteiger partial charge < -0.3 is 14.2 Å². The van der Waals surface area contributed by atoms with Crippen molar-refractivity contribution in [3.05, 3.63) is 29.8 Å². The van der Waals surface area contributed by atoms with Crippen LogP contribution in [-0.2, 0) is 35.2 Å². The fraction of sp³-hybridized carbons (Fsp3) is 0.500. The quantitative estimate of drug-likeness (QED) is 0.524. The number of amides is 1. The van der Waals surface area contributed by atoms with E-state index in [-0.39, 0.29) is 19.6 Å². The summed E-state index contributed by atoms with van der Waals surface area (Å²) in [7, 11) is -0.983. The largest absolute Gasteiger partial charge is 0.497 e. The first kappa shape index (κ1) is 20.0. The summed E-state index contributed by atoms with van der Waals surface area (Å²) in [6.45, 7) is -0.0981. The van der Waals surface area contributed by atoms with E-state index in [4.69, 9.17) is 13.7 Å². The fourth-order valence-corrected chi connectivity index (χ4v) is 3.26. The van der Waals surface area contributed by atoms with Crippen molar-refractivity contribution in [1.82, 2.24) is 4.90 Å². The standard InChI is InChI=1S/C16H21NO8S/c1-22-12-6-4-11(5-7-12)10-24-16(19)17-9-13(25-26(3,20)21)8-14(17)15(18)23-2/h4-7,13-14H,8-10H2,1-3H3/t13-,14?/m1/s1. The number of methoxy groups -OCH3 is 2. The Labute approximate surface area is 151 Å². The summed E-state index contributed by atoms with van der Waals surface area (Å²) in [6.07, 6.45) is -0.666. The van der Waals surface area contributed by atoms with Gasteiger partial charge in [0.15, 0.2) is 0 Å². The van der Waals surface area contributed by atoms with E-state index in [1.807, 2.05) is 0 Å². The third-order valence-electron chi connectivity index (χ3n) is 3.80. The molecule has 1 aromatic rings. The molecule has 1 saturated heterocycles. The van der Waals surface area contributed by atoms with E-state index in [1.54, 1.807) is 31.4 Å². The summed E-state index contributed by atoms with van der Waals surface area (Å²) < 4.78 is 42.4. The van der Waals surface area contributed by atoms with Crippen molar-refractivity contribution in [3.8, 4) is 5.75 Å². The maximum atomic E-state index is 12.3. The van der Waals surface area contributed by atoms with Gasteiger partial charge in [-0.05, 0) is 17.7 Å². The Morgan fingerprint density at radius 1 is 1.19 bits per heavy atom. The van der Waals surface area contributed by atoms with Crippen LogP contribution in [0.1, 0.15) is 12.0 Å². The van der Waals surface area contributed by atoms with Crippen LogP contribution >= 0.6 is 0 Å². The molecule has 10 heteroatoms. The van der Waals surface area contributed by atoms with Crippen LogP contribution in [0.25, 0.3) is 0 Å². The van der Waals surface area contributed by atoms with Gasteiger partial charge in [-0.3, -0.25) is 9.08 Å². The average molecular weight is 387 g/mol. The number of carbonyl (C=O) groups is 2. The molecule has 144 valence electrons. The predicted octanol–water partition coefficient (Wildman–Crippen LogP) is 0.924. The van der Waals surface area contributed by atoms with Crippen molar-refractivity contribution in [2.75, 3.05) is 27.0 Å². The highest BCUT2D eigenvalue weighted by Gasteiger charge is 2.43. The molecule has 0 bridgehead atoms. The minimum absolute atomic E-state index is 0.00911. The number of esters is 1. The Kier molecular flexibility index (Phi) is 6.43. The first-order chi connectivity index (χ1) is 12.2. The maximum absolute atomic E-state index is 12.3. The Balaban J connectivity index is 2.02. The van der Waals surface area contributed by atoms with Crippen LogP contribution in [0.4, 0.5) is 4.79 Å². The molecule has 0 N–H and O–H groups in total. The number of carbonyl (C=O) groups excluding carboxylic acids is 2. The average Bonchev–Trinajstić information content (AvgIpc) is 3.01. The second-order valence-corrected chi connectivity index (χ2v) is 7.35. The normalized spacial score (nSPS) is 19.9. The molecule has 1 heterocycles. The number of hydrogen-bond acceptors (Lipinski definition) is 8. The van der Waals surface area contributed by atoms with Gasteiger partial charge in [-0.1, -0.05) is 12.1 Å². The van der Waals surface area contributed by atoms with Crippen LogP contribution in [0.2, 0.25) is 0 Å². The molecule has 2 atom stereocenters. The Bertz CT molecular complexity index is 746. The molecule has 0 aromatic heterocycles. The van der Waals surface area contributed by atoms with Crippen LogP contribution in [-0.4, -0.2) is 64.5 Å². The van der Waals surface area contributed by atoms with Gasteiger partial charge in [0.1, 0.15) is 18.4 Å². The van der Waals surface area contributed by atoms with E-state index >= 15 is 0 Å². The zero-order valence-corrected chi connectivity index (χ0v) is 15.5. The van der Waals surface area contributed by atoms with Gasteiger partial charge in [-0.2, -0.15) is 8.42 Å². The molecule has 26 heavy (non-hydrogen) atoms. The Morgan fingerprint density at radius 3 is 2.38 bits per heavy atom. The van der Waals surface area contributed by atoms with Gasteiger partial charge in [0.25, 0.3) is 10.1 Å². The summed E-state index contributed by atoms with van der Waals surface area (Å²) in [6, 6.07) is 5.97. The lowest BCUT2D eigenvalue weighted by atomic mass is 10.2. The van der Waals surface area contributed by atoms with E-state index in [9.17, 15) is 18.0 Å². The summed E-state index contributed by atoms with van der Waals surface area (Å²) in [5, 5.41) is 0. The van der Waals surface area contributed by atoms with Crippen molar-refractivity contribution in [3.63, 3.8) is 0 Å². The van der Waals surface area contributed by atoms with Crippen molar-refractivity contribution >= 4 is 22.2 Å². The highest BCUT2D eigenvalue weighted by molar-refractivity contribution is 7.86. The van der Waals surface area contributed by atoms with Crippen LogP contribution in [0.5, 0.6) is 5.75 Å². The van der Waals surface area contributed by atoms with Crippen molar-refractivity contribution in [1.29, 1.82) is 0 Å². The molecule has 1 amide bonds. The van der Waals surface area contributed by atoms with Crippen molar-refractivity contribution in [2.45, 2.75) is 25.2 Å². The van der Waals surface area contributed by atoms with Crippen LogP contribution in [0.15, 0.2) is 24.3 Å². The zero-order chi connectivity index (χ0) is 19.3. The molecule has 1 aliphatic heterocycles. The number of nitrogens with zero attached hydrogens (tertiary/aromatic N) is 1. The molecule has 1 aromatic carbocycles. The van der Waals surface area contributed by atoms with Gasteiger partial charge in [0, 0.05) is 6.42 Å². The molecule has 2 rings (SSSR count). The highest BCUT2D eigenvalue weighted by Crippen LogP contribution is 2.24. The van der Waals surface area contributed by atoms with Gasteiger partial charge in [-0.15, -0.1) is 0 Å². The molecule has 1 unspecified atom stereocenters.